The van der Waals surface area contributed by atoms with E-state index in [-0.39, 0.29) is 0 Å². The van der Waals surface area contributed by atoms with E-state index in [9.17, 15) is 0 Å². The van der Waals surface area contributed by atoms with Crippen LogP contribution in [0, 0.1) is 0 Å². The van der Waals surface area contributed by atoms with Gasteiger partial charge in [0.1, 0.15) is 0 Å². The second-order valence-electron chi connectivity index (χ2n) is 6.41. The quantitative estimate of drug-likeness (QED) is 0.364. The molecule has 0 unspecified atom stereocenters. The van der Waals surface area contributed by atoms with Gasteiger partial charge in [-0.1, -0.05) is 0 Å². The van der Waals surface area contributed by atoms with E-state index in [4.69, 9.17) is 0 Å². The van der Waals surface area contributed by atoms with E-state index in [1.165, 1.54) is 51.4 Å². The van der Waals surface area contributed by atoms with E-state index in [2.05, 4.69) is 39.8 Å². The summed E-state index contributed by atoms with van der Waals surface area (Å²) in [6.07, 6.45) is 15.6. The van der Waals surface area contributed by atoms with Crippen molar-refractivity contribution in [1.29, 1.82) is 0 Å². The second kappa shape index (κ2) is 8.46. The molecule has 2 aliphatic rings. The molecule has 0 aromatic carbocycles. The van der Waals surface area contributed by atoms with Crippen molar-refractivity contribution >= 4 is 0 Å². The summed E-state index contributed by atoms with van der Waals surface area (Å²) in [4.78, 5) is 0. The predicted molar refractivity (Wildman–Crippen MR) is 89.9 cm³/mol. The zero-order valence-electron chi connectivity index (χ0n) is 14.3. The van der Waals surface area contributed by atoms with E-state index < -0.39 is 22.9 Å². The van der Waals surface area contributed by atoms with Gasteiger partial charge in [0.05, 0.1) is 0 Å². The predicted octanol–water partition coefficient (Wildman–Crippen LogP) is 6.66. The normalized spacial score (nSPS) is 18.5. The van der Waals surface area contributed by atoms with Crippen LogP contribution in [0.25, 0.3) is 0 Å². The Morgan fingerprint density at radius 2 is 1.24 bits per heavy atom. The molecule has 0 spiro atoms. The molecule has 0 amide bonds. The molecule has 0 aliphatic heterocycles. The average molecular weight is 449 g/mol. The molecule has 0 N–H and O–H groups in total. The minimum absolute atomic E-state index is 0.747. The fraction of sp³-hybridized carbons (Fsp3) is 0.600. The maximum absolute atomic E-state index is 2.53. The first-order valence-electron chi connectivity index (χ1n) is 8.72. The van der Waals surface area contributed by atoms with Gasteiger partial charge in [-0.25, -0.2) is 0 Å². The summed E-state index contributed by atoms with van der Waals surface area (Å²) in [7, 11) is 0. The number of hydrogen-bond acceptors (Lipinski definition) is 0. The van der Waals surface area contributed by atoms with Gasteiger partial charge >= 0.3 is 143 Å². The molecule has 0 atom stereocenters. The molecule has 2 aliphatic carbocycles. The summed E-state index contributed by atoms with van der Waals surface area (Å²) in [6.45, 7) is 9.38. The third-order valence-electron chi connectivity index (χ3n) is 4.87. The SMILES string of the molecule is CCCCC1=CC[C]([Hf][C]2=C(C)C(CCCC)=CC2)=C1C. The van der Waals surface area contributed by atoms with Crippen molar-refractivity contribution in [1.82, 2.24) is 0 Å². The van der Waals surface area contributed by atoms with Crippen LogP contribution in [0.15, 0.2) is 41.1 Å². The fourth-order valence-electron chi connectivity index (χ4n) is 3.24. The topological polar surface area (TPSA) is 0 Å². The van der Waals surface area contributed by atoms with Crippen LogP contribution in [0.2, 0.25) is 0 Å². The number of rotatable bonds is 8. The van der Waals surface area contributed by atoms with Gasteiger partial charge in [0, 0.05) is 0 Å². The molecule has 0 aromatic rings. The van der Waals surface area contributed by atoms with E-state index >= 15 is 0 Å². The maximum atomic E-state index is 2.53. The first kappa shape index (κ1) is 17.2. The summed E-state index contributed by atoms with van der Waals surface area (Å²) >= 11 is -0.747. The van der Waals surface area contributed by atoms with Gasteiger partial charge < -0.3 is 0 Å². The van der Waals surface area contributed by atoms with Crippen molar-refractivity contribution in [3.05, 3.63) is 41.1 Å². The Balaban J connectivity index is 1.97. The van der Waals surface area contributed by atoms with Crippen molar-refractivity contribution in [2.45, 2.75) is 79.1 Å². The molecule has 0 bridgehead atoms. The first-order chi connectivity index (χ1) is 10.2. The van der Waals surface area contributed by atoms with Crippen molar-refractivity contribution in [3.63, 3.8) is 0 Å². The average Bonchev–Trinajstić information content (AvgIpc) is 3.00. The van der Waals surface area contributed by atoms with Crippen LogP contribution in [0.4, 0.5) is 0 Å². The molecule has 0 fully saturated rings. The monoisotopic (exact) mass is 450 g/mol. The Morgan fingerprint density at radius 3 is 1.62 bits per heavy atom. The van der Waals surface area contributed by atoms with E-state index in [1.807, 2.05) is 6.66 Å². The van der Waals surface area contributed by atoms with Crippen LogP contribution in [-0.2, 0) is 22.9 Å². The Hall–Kier alpha value is -0.170. The Kier molecular flexibility index (Phi) is 6.92. The minimum atomic E-state index is -0.747. The Labute approximate surface area is 142 Å². The first-order valence-corrected chi connectivity index (χ1v) is 12.3. The van der Waals surface area contributed by atoms with Gasteiger partial charge in [-0.3, -0.25) is 0 Å². The molecule has 0 aromatic heterocycles. The van der Waals surface area contributed by atoms with E-state index in [0.29, 0.717) is 0 Å². The summed E-state index contributed by atoms with van der Waals surface area (Å²) < 4.78 is 3.75. The summed E-state index contributed by atoms with van der Waals surface area (Å²) in [5.41, 5.74) is 6.73. The van der Waals surface area contributed by atoms with Crippen molar-refractivity contribution < 1.29 is 22.9 Å². The fourth-order valence-corrected chi connectivity index (χ4v) is 8.51. The van der Waals surface area contributed by atoms with Crippen LogP contribution in [0.1, 0.15) is 79.1 Å². The van der Waals surface area contributed by atoms with Crippen LogP contribution in [0.3, 0.4) is 0 Å². The van der Waals surface area contributed by atoms with Gasteiger partial charge in [0.15, 0.2) is 0 Å². The molecular formula is C20H30Hf. The van der Waals surface area contributed by atoms with Gasteiger partial charge in [0.2, 0.25) is 0 Å². The zero-order valence-corrected chi connectivity index (χ0v) is 17.9. The second-order valence-corrected chi connectivity index (χ2v) is 11.6. The van der Waals surface area contributed by atoms with E-state index in [0.717, 1.165) is 0 Å². The van der Waals surface area contributed by atoms with Gasteiger partial charge in [0.25, 0.3) is 0 Å². The van der Waals surface area contributed by atoms with Crippen LogP contribution >= 0.6 is 0 Å². The Bertz CT molecular complexity index is 454. The third kappa shape index (κ3) is 4.41. The Morgan fingerprint density at radius 1 is 0.810 bits per heavy atom. The van der Waals surface area contributed by atoms with Crippen molar-refractivity contribution in [3.8, 4) is 0 Å². The summed E-state index contributed by atoms with van der Waals surface area (Å²) in [5.74, 6) is 0. The standard InChI is InChI=1S/2C10H15.Hf/c2*1-3-4-7-10-8-5-6-9(10)2;/h2*8H,3-5,7H2,1-2H3;. The molecule has 114 valence electrons. The summed E-state index contributed by atoms with van der Waals surface area (Å²) in [6, 6.07) is 0. The molecule has 1 heteroatoms. The molecule has 21 heavy (non-hydrogen) atoms. The molecule has 0 saturated carbocycles. The van der Waals surface area contributed by atoms with Crippen LogP contribution in [0.5, 0.6) is 0 Å². The number of hydrogen-bond donors (Lipinski definition) is 0. The molecule has 2 rings (SSSR count). The number of allylic oxidation sites excluding steroid dienone is 8. The molecular weight excluding hydrogens is 419 g/mol. The van der Waals surface area contributed by atoms with Crippen molar-refractivity contribution in [2.24, 2.45) is 0 Å². The molecule has 0 radical (unpaired) electrons. The molecule has 0 heterocycles. The van der Waals surface area contributed by atoms with Gasteiger partial charge in [-0.15, -0.1) is 0 Å². The van der Waals surface area contributed by atoms with Crippen LogP contribution < -0.4 is 0 Å². The van der Waals surface area contributed by atoms with Gasteiger partial charge in [-0.2, -0.15) is 0 Å². The summed E-state index contributed by atoms with van der Waals surface area (Å²) in [5, 5.41) is 0. The van der Waals surface area contributed by atoms with Crippen molar-refractivity contribution in [2.75, 3.05) is 0 Å². The van der Waals surface area contributed by atoms with Crippen LogP contribution in [-0.4, -0.2) is 0 Å². The number of unbranched alkanes of at least 4 members (excludes halogenated alkanes) is 2. The third-order valence-corrected chi connectivity index (χ3v) is 11.2. The molecule has 0 nitrogen and oxygen atoms in total. The van der Waals surface area contributed by atoms with E-state index in [1.54, 1.807) is 22.3 Å². The van der Waals surface area contributed by atoms with Gasteiger partial charge in [-0.05, 0) is 0 Å². The molecule has 0 saturated heterocycles. The zero-order chi connectivity index (χ0) is 15.2.